The quantitative estimate of drug-likeness (QED) is 0.408. The molecule has 1 aliphatic carbocycles. The average molecular weight is 320 g/mol. The van der Waals surface area contributed by atoms with Gasteiger partial charge in [0.15, 0.2) is 0 Å². The number of esters is 1. The molecule has 0 aliphatic heterocycles. The number of carbonyl (C=O) groups is 1. The van der Waals surface area contributed by atoms with E-state index < -0.39 is 11.6 Å². The van der Waals surface area contributed by atoms with E-state index in [1.54, 1.807) is 24.3 Å². The van der Waals surface area contributed by atoms with Gasteiger partial charge < -0.3 is 9.15 Å². The molecule has 0 bridgehead atoms. The maximum Gasteiger partial charge on any atom is 0.351 e. The van der Waals surface area contributed by atoms with Crippen LogP contribution in [0.25, 0.3) is 11.0 Å². The van der Waals surface area contributed by atoms with Crippen LogP contribution in [0.5, 0.6) is 5.75 Å². The first-order valence-corrected chi connectivity index (χ1v) is 8.07. The number of aryl methyl sites for hydroxylation is 2. The van der Waals surface area contributed by atoms with Gasteiger partial charge in [-0.1, -0.05) is 24.3 Å². The van der Waals surface area contributed by atoms with Crippen LogP contribution in [0.3, 0.4) is 0 Å². The molecular formula is C20H16O4. The van der Waals surface area contributed by atoms with E-state index >= 15 is 0 Å². The van der Waals surface area contributed by atoms with E-state index in [1.165, 1.54) is 23.6 Å². The van der Waals surface area contributed by atoms with Gasteiger partial charge in [0.05, 0.1) is 0 Å². The Morgan fingerprint density at radius 1 is 0.958 bits per heavy atom. The monoisotopic (exact) mass is 320 g/mol. The zero-order valence-electron chi connectivity index (χ0n) is 13.1. The molecule has 0 atom stereocenters. The van der Waals surface area contributed by atoms with Gasteiger partial charge in [-0.2, -0.15) is 0 Å². The molecule has 3 aromatic rings. The van der Waals surface area contributed by atoms with Crippen molar-refractivity contribution in [2.75, 3.05) is 0 Å². The summed E-state index contributed by atoms with van der Waals surface area (Å²) in [5.74, 6) is -0.224. The first-order valence-electron chi connectivity index (χ1n) is 8.07. The fraction of sp³-hybridized carbons (Fsp3) is 0.200. The fourth-order valence-electron chi connectivity index (χ4n) is 3.14. The summed E-state index contributed by atoms with van der Waals surface area (Å²) >= 11 is 0. The van der Waals surface area contributed by atoms with Crippen molar-refractivity contribution in [1.82, 2.24) is 0 Å². The van der Waals surface area contributed by atoms with Crippen LogP contribution in [0.1, 0.15) is 34.3 Å². The zero-order chi connectivity index (χ0) is 16.5. The lowest BCUT2D eigenvalue weighted by Gasteiger charge is -2.16. The van der Waals surface area contributed by atoms with E-state index in [0.29, 0.717) is 16.7 Å². The molecular weight excluding hydrogens is 304 g/mol. The maximum absolute atomic E-state index is 12.4. The molecule has 0 fully saturated rings. The summed E-state index contributed by atoms with van der Waals surface area (Å²) in [7, 11) is 0. The Morgan fingerprint density at radius 3 is 2.62 bits per heavy atom. The smallest absolute Gasteiger partial charge is 0.351 e. The van der Waals surface area contributed by atoms with Crippen LogP contribution in [0.4, 0.5) is 0 Å². The van der Waals surface area contributed by atoms with Crippen molar-refractivity contribution in [3.8, 4) is 5.75 Å². The van der Waals surface area contributed by atoms with E-state index in [0.717, 1.165) is 19.3 Å². The van der Waals surface area contributed by atoms with Crippen LogP contribution >= 0.6 is 0 Å². The molecule has 1 heterocycles. The number of hydrogen-bond donors (Lipinski definition) is 0. The normalized spacial score (nSPS) is 13.5. The molecule has 0 N–H and O–H groups in total. The summed E-state index contributed by atoms with van der Waals surface area (Å²) in [6.07, 6.45) is 4.42. The van der Waals surface area contributed by atoms with Gasteiger partial charge in [-0.25, -0.2) is 9.59 Å². The molecule has 4 nitrogen and oxygen atoms in total. The lowest BCUT2D eigenvalue weighted by Crippen LogP contribution is -2.19. The summed E-state index contributed by atoms with van der Waals surface area (Å²) in [5, 5.41) is 0.689. The van der Waals surface area contributed by atoms with E-state index in [2.05, 4.69) is 0 Å². The third kappa shape index (κ3) is 2.71. The van der Waals surface area contributed by atoms with Gasteiger partial charge in [0.1, 0.15) is 16.9 Å². The fourth-order valence-corrected chi connectivity index (χ4v) is 3.14. The second-order valence-electron chi connectivity index (χ2n) is 6.01. The molecule has 0 radical (unpaired) electrons. The van der Waals surface area contributed by atoms with Gasteiger partial charge in [0, 0.05) is 5.39 Å². The average Bonchev–Trinajstić information content (AvgIpc) is 2.61. The van der Waals surface area contributed by atoms with Crippen LogP contribution in [-0.2, 0) is 12.8 Å². The number of carbonyl (C=O) groups excluding carboxylic acids is 1. The predicted molar refractivity (Wildman–Crippen MR) is 90.5 cm³/mol. The van der Waals surface area contributed by atoms with Crippen molar-refractivity contribution in [3.05, 3.63) is 75.6 Å². The largest absolute Gasteiger partial charge is 0.423 e. The summed E-state index contributed by atoms with van der Waals surface area (Å²) in [6, 6.07) is 14.3. The first-order chi connectivity index (χ1) is 11.7. The number of ether oxygens (including phenoxy) is 1. The molecule has 24 heavy (non-hydrogen) atoms. The highest BCUT2D eigenvalue weighted by molar-refractivity contribution is 5.94. The minimum atomic E-state index is -0.690. The molecule has 0 saturated carbocycles. The Morgan fingerprint density at radius 2 is 1.75 bits per heavy atom. The molecule has 4 rings (SSSR count). The minimum Gasteiger partial charge on any atom is -0.423 e. The Balaban J connectivity index is 1.64. The lowest BCUT2D eigenvalue weighted by atomic mass is 9.92. The Kier molecular flexibility index (Phi) is 3.65. The summed E-state index contributed by atoms with van der Waals surface area (Å²) < 4.78 is 10.6. The minimum absolute atomic E-state index is 0.0913. The number of para-hydroxylation sites is 1. The molecule has 1 aromatic heterocycles. The number of benzene rings is 2. The molecule has 0 saturated heterocycles. The van der Waals surface area contributed by atoms with E-state index in [-0.39, 0.29) is 5.56 Å². The van der Waals surface area contributed by atoms with Gasteiger partial charge in [-0.3, -0.25) is 0 Å². The topological polar surface area (TPSA) is 56.5 Å². The lowest BCUT2D eigenvalue weighted by molar-refractivity contribution is 0.0730. The summed E-state index contributed by atoms with van der Waals surface area (Å²) in [5.41, 5.74) is 2.21. The standard InChI is InChI=1S/C20H16O4/c21-19(17-12-15-7-3-4-8-18(15)24-20(17)22)23-16-10-9-13-5-1-2-6-14(13)11-16/h3-4,7-12H,1-2,5-6H2. The van der Waals surface area contributed by atoms with Crippen molar-refractivity contribution in [3.63, 3.8) is 0 Å². The Hall–Kier alpha value is -2.88. The highest BCUT2D eigenvalue weighted by Crippen LogP contribution is 2.25. The van der Waals surface area contributed by atoms with Gasteiger partial charge in [-0.15, -0.1) is 0 Å². The first kappa shape index (κ1) is 14.7. The molecule has 0 amide bonds. The predicted octanol–water partition coefficient (Wildman–Crippen LogP) is 3.89. The summed E-state index contributed by atoms with van der Waals surface area (Å²) in [6.45, 7) is 0. The van der Waals surface area contributed by atoms with Crippen LogP contribution in [0, 0.1) is 0 Å². The third-order valence-electron chi connectivity index (χ3n) is 4.39. The van der Waals surface area contributed by atoms with Crippen LogP contribution in [-0.4, -0.2) is 5.97 Å². The van der Waals surface area contributed by atoms with Crippen molar-refractivity contribution >= 4 is 16.9 Å². The SMILES string of the molecule is O=C(Oc1ccc2c(c1)CCCC2)c1cc2ccccc2oc1=O. The van der Waals surface area contributed by atoms with Crippen molar-refractivity contribution in [2.24, 2.45) is 0 Å². The molecule has 0 unspecified atom stereocenters. The van der Waals surface area contributed by atoms with Crippen molar-refractivity contribution in [1.29, 1.82) is 0 Å². The molecule has 0 spiro atoms. The molecule has 2 aromatic carbocycles. The maximum atomic E-state index is 12.4. The van der Waals surface area contributed by atoms with Gasteiger partial charge in [0.25, 0.3) is 0 Å². The Bertz CT molecular complexity index is 984. The van der Waals surface area contributed by atoms with Crippen molar-refractivity contribution < 1.29 is 13.9 Å². The van der Waals surface area contributed by atoms with Gasteiger partial charge in [-0.05, 0) is 61.1 Å². The molecule has 1 aliphatic rings. The van der Waals surface area contributed by atoms with E-state index in [9.17, 15) is 9.59 Å². The van der Waals surface area contributed by atoms with Crippen LogP contribution < -0.4 is 10.4 Å². The second kappa shape index (κ2) is 5.96. The molecule has 4 heteroatoms. The van der Waals surface area contributed by atoms with Gasteiger partial charge in [0.2, 0.25) is 0 Å². The number of hydrogen-bond acceptors (Lipinski definition) is 4. The molecule has 120 valence electrons. The Labute approximate surface area is 138 Å². The second-order valence-corrected chi connectivity index (χ2v) is 6.01. The van der Waals surface area contributed by atoms with E-state index in [1.807, 2.05) is 18.2 Å². The van der Waals surface area contributed by atoms with Crippen molar-refractivity contribution in [2.45, 2.75) is 25.7 Å². The number of rotatable bonds is 2. The highest BCUT2D eigenvalue weighted by atomic mass is 16.5. The highest BCUT2D eigenvalue weighted by Gasteiger charge is 2.17. The van der Waals surface area contributed by atoms with E-state index in [4.69, 9.17) is 9.15 Å². The summed E-state index contributed by atoms with van der Waals surface area (Å²) in [4.78, 5) is 24.4. The zero-order valence-corrected chi connectivity index (χ0v) is 13.1. The van der Waals surface area contributed by atoms with Crippen LogP contribution in [0.2, 0.25) is 0 Å². The van der Waals surface area contributed by atoms with Gasteiger partial charge >= 0.3 is 11.6 Å². The van der Waals surface area contributed by atoms with Crippen LogP contribution in [0.15, 0.2) is 57.7 Å². The number of fused-ring (bicyclic) bond motifs is 2. The third-order valence-corrected chi connectivity index (χ3v) is 4.39.